The molecule has 8 nitrogen and oxygen atoms in total. The number of fused-ring (bicyclic) bond motifs is 2. The first-order valence-electron chi connectivity index (χ1n) is 12.1. The first-order valence-corrected chi connectivity index (χ1v) is 12.1. The van der Waals surface area contributed by atoms with Crippen LogP contribution < -0.4 is 0 Å². The van der Waals surface area contributed by atoms with Crippen LogP contribution in [0.25, 0.3) is 27.8 Å². The van der Waals surface area contributed by atoms with Crippen molar-refractivity contribution < 1.29 is 4.79 Å². The van der Waals surface area contributed by atoms with E-state index in [1.165, 1.54) is 10.9 Å². The molecule has 8 heteroatoms. The highest BCUT2D eigenvalue weighted by Gasteiger charge is 2.25. The Morgan fingerprint density at radius 1 is 1.21 bits per heavy atom. The molecule has 0 atom stereocenters. The van der Waals surface area contributed by atoms with Crippen LogP contribution in [-0.2, 0) is 4.79 Å². The van der Waals surface area contributed by atoms with E-state index in [9.17, 15) is 4.79 Å². The lowest BCUT2D eigenvalue weighted by atomic mass is 9.91. The third-order valence-electron chi connectivity index (χ3n) is 7.03. The summed E-state index contributed by atoms with van der Waals surface area (Å²) in [6, 6.07) is 4.47. The molecule has 1 N–H and O–H groups in total. The predicted molar refractivity (Wildman–Crippen MR) is 134 cm³/mol. The second kappa shape index (κ2) is 8.83. The number of piperidine rings is 1. The first kappa shape index (κ1) is 22.5. The number of aryl methyl sites for hydroxylation is 1. The first-order chi connectivity index (χ1) is 16.3. The number of hydrogen-bond acceptors (Lipinski definition) is 5. The van der Waals surface area contributed by atoms with Gasteiger partial charge in [-0.05, 0) is 62.0 Å². The fourth-order valence-corrected chi connectivity index (χ4v) is 5.13. The van der Waals surface area contributed by atoms with Crippen molar-refractivity contribution >= 4 is 22.5 Å². The standard InChI is InChI=1S/C26H33N7O/c1-16(2)24-20-11-21(18-6-8-32(9-7-18)14-23(34)31(4)5)27-12-22(20)30-25(24)19-10-17(3)26-28-15-29-33(26)13-19/h10-13,15-16,18,30H,6-9,14H2,1-5H3. The summed E-state index contributed by atoms with van der Waals surface area (Å²) in [6.45, 7) is 8.91. The summed E-state index contributed by atoms with van der Waals surface area (Å²) in [4.78, 5) is 28.8. The van der Waals surface area contributed by atoms with Gasteiger partial charge in [0.25, 0.3) is 0 Å². The van der Waals surface area contributed by atoms with Gasteiger partial charge in [0, 0.05) is 42.9 Å². The minimum absolute atomic E-state index is 0.165. The third-order valence-corrected chi connectivity index (χ3v) is 7.03. The average Bonchev–Trinajstić information content (AvgIpc) is 3.44. The highest BCUT2D eigenvalue weighted by atomic mass is 16.2. The van der Waals surface area contributed by atoms with E-state index >= 15 is 0 Å². The van der Waals surface area contributed by atoms with Crippen molar-refractivity contribution in [2.75, 3.05) is 33.7 Å². The van der Waals surface area contributed by atoms with Crippen molar-refractivity contribution in [3.63, 3.8) is 0 Å². The molecule has 1 fully saturated rings. The van der Waals surface area contributed by atoms with Crippen LogP contribution in [0.1, 0.15) is 55.3 Å². The molecule has 1 aliphatic rings. The van der Waals surface area contributed by atoms with Gasteiger partial charge in [-0.2, -0.15) is 5.10 Å². The third kappa shape index (κ3) is 4.07. The maximum absolute atomic E-state index is 12.1. The monoisotopic (exact) mass is 459 g/mol. The number of rotatable bonds is 5. The molecule has 1 aliphatic heterocycles. The van der Waals surface area contributed by atoms with E-state index in [4.69, 9.17) is 4.98 Å². The van der Waals surface area contributed by atoms with Gasteiger partial charge in [-0.25, -0.2) is 9.50 Å². The Morgan fingerprint density at radius 2 is 1.97 bits per heavy atom. The number of likely N-dealkylation sites (N-methyl/N-ethyl adjacent to an activating group) is 1. The average molecular weight is 460 g/mol. The summed E-state index contributed by atoms with van der Waals surface area (Å²) < 4.78 is 1.85. The molecule has 1 amide bonds. The molecule has 0 bridgehead atoms. The largest absolute Gasteiger partial charge is 0.353 e. The second-order valence-corrected chi connectivity index (χ2v) is 10.0. The second-order valence-electron chi connectivity index (χ2n) is 10.0. The molecule has 0 radical (unpaired) electrons. The van der Waals surface area contributed by atoms with Gasteiger partial charge >= 0.3 is 0 Å². The van der Waals surface area contributed by atoms with Crippen molar-refractivity contribution in [3.8, 4) is 11.3 Å². The highest BCUT2D eigenvalue weighted by Crippen LogP contribution is 2.37. The van der Waals surface area contributed by atoms with Crippen LogP contribution in [0.4, 0.5) is 0 Å². The smallest absolute Gasteiger partial charge is 0.236 e. The minimum atomic E-state index is 0.165. The van der Waals surface area contributed by atoms with Gasteiger partial charge in [-0.1, -0.05) is 13.8 Å². The lowest BCUT2D eigenvalue weighted by Crippen LogP contribution is -2.40. The molecule has 5 rings (SSSR count). The van der Waals surface area contributed by atoms with Crippen LogP contribution in [-0.4, -0.2) is 74.0 Å². The number of hydrogen-bond donors (Lipinski definition) is 1. The normalized spacial score (nSPS) is 15.6. The van der Waals surface area contributed by atoms with Crippen LogP contribution in [0.15, 0.2) is 30.9 Å². The van der Waals surface area contributed by atoms with E-state index < -0.39 is 0 Å². The summed E-state index contributed by atoms with van der Waals surface area (Å²) in [5, 5.41) is 5.60. The van der Waals surface area contributed by atoms with E-state index in [0.29, 0.717) is 18.4 Å². The Labute approximate surface area is 200 Å². The van der Waals surface area contributed by atoms with Crippen LogP contribution in [0.5, 0.6) is 0 Å². The van der Waals surface area contributed by atoms with Gasteiger partial charge in [0.05, 0.1) is 24.0 Å². The number of H-pyrrole nitrogens is 1. The molecular formula is C26H33N7O. The van der Waals surface area contributed by atoms with Gasteiger partial charge in [-0.3, -0.25) is 14.7 Å². The molecule has 0 unspecified atom stereocenters. The van der Waals surface area contributed by atoms with E-state index in [-0.39, 0.29) is 5.91 Å². The fraction of sp³-hybridized carbons (Fsp3) is 0.462. The van der Waals surface area contributed by atoms with Gasteiger partial charge in [0.2, 0.25) is 5.91 Å². The number of carbonyl (C=O) groups is 1. The topological polar surface area (TPSA) is 82.4 Å². The molecule has 4 aromatic rings. The number of amides is 1. The molecule has 0 aliphatic carbocycles. The zero-order chi connectivity index (χ0) is 24.0. The Hall–Kier alpha value is -3.26. The number of likely N-dealkylation sites (tertiary alicyclic amines) is 1. The van der Waals surface area contributed by atoms with Crippen molar-refractivity contribution in [2.45, 2.75) is 45.4 Å². The lowest BCUT2D eigenvalue weighted by molar-refractivity contribution is -0.130. The van der Waals surface area contributed by atoms with Crippen LogP contribution in [0.2, 0.25) is 0 Å². The molecule has 4 aromatic heterocycles. The van der Waals surface area contributed by atoms with E-state index in [2.05, 4.69) is 52.9 Å². The van der Waals surface area contributed by atoms with E-state index in [0.717, 1.165) is 59.6 Å². The number of aromatic nitrogens is 5. The quantitative estimate of drug-likeness (QED) is 0.488. The van der Waals surface area contributed by atoms with Crippen molar-refractivity contribution in [1.82, 2.24) is 34.4 Å². The lowest BCUT2D eigenvalue weighted by Gasteiger charge is -2.31. The molecule has 178 valence electrons. The van der Waals surface area contributed by atoms with Gasteiger partial charge in [-0.15, -0.1) is 0 Å². The summed E-state index contributed by atoms with van der Waals surface area (Å²) in [7, 11) is 3.63. The zero-order valence-electron chi connectivity index (χ0n) is 20.7. The molecular weight excluding hydrogens is 426 g/mol. The summed E-state index contributed by atoms with van der Waals surface area (Å²) in [5.41, 5.74) is 7.74. The number of nitrogens with one attached hydrogen (secondary N) is 1. The number of nitrogens with zero attached hydrogens (tertiary/aromatic N) is 6. The van der Waals surface area contributed by atoms with Gasteiger partial charge < -0.3 is 9.88 Å². The summed E-state index contributed by atoms with van der Waals surface area (Å²) in [5.74, 6) is 0.936. The molecule has 5 heterocycles. The summed E-state index contributed by atoms with van der Waals surface area (Å²) in [6.07, 6.45) is 7.68. The molecule has 0 saturated carbocycles. The fourth-order valence-electron chi connectivity index (χ4n) is 5.13. The maximum Gasteiger partial charge on any atom is 0.236 e. The van der Waals surface area contributed by atoms with Gasteiger partial charge in [0.1, 0.15) is 6.33 Å². The Kier molecular flexibility index (Phi) is 5.85. The number of pyridine rings is 2. The van der Waals surface area contributed by atoms with E-state index in [1.807, 2.05) is 31.0 Å². The minimum Gasteiger partial charge on any atom is -0.353 e. The number of carbonyl (C=O) groups excluding carboxylic acids is 1. The van der Waals surface area contributed by atoms with Gasteiger partial charge in [0.15, 0.2) is 5.65 Å². The Balaban J connectivity index is 1.45. The number of aromatic amines is 1. The Morgan fingerprint density at radius 3 is 2.68 bits per heavy atom. The SMILES string of the molecule is Cc1cc(-c2[nH]c3cnc(C4CCN(CC(=O)N(C)C)CC4)cc3c2C(C)C)cn2ncnc12. The van der Waals surface area contributed by atoms with Crippen molar-refractivity contribution in [3.05, 3.63) is 47.7 Å². The van der Waals surface area contributed by atoms with Crippen LogP contribution in [0.3, 0.4) is 0 Å². The summed E-state index contributed by atoms with van der Waals surface area (Å²) >= 11 is 0. The molecule has 34 heavy (non-hydrogen) atoms. The van der Waals surface area contributed by atoms with Crippen molar-refractivity contribution in [1.29, 1.82) is 0 Å². The van der Waals surface area contributed by atoms with E-state index in [1.54, 1.807) is 11.2 Å². The predicted octanol–water partition coefficient (Wildman–Crippen LogP) is 3.97. The van der Waals surface area contributed by atoms with Crippen LogP contribution >= 0.6 is 0 Å². The molecule has 1 saturated heterocycles. The van der Waals surface area contributed by atoms with Crippen LogP contribution in [0, 0.1) is 6.92 Å². The molecule has 0 spiro atoms. The maximum atomic E-state index is 12.1. The zero-order valence-corrected chi connectivity index (χ0v) is 20.7. The highest BCUT2D eigenvalue weighted by molar-refractivity contribution is 5.91. The Bertz CT molecular complexity index is 1340. The van der Waals surface area contributed by atoms with Crippen molar-refractivity contribution in [2.24, 2.45) is 0 Å². The molecule has 0 aromatic carbocycles.